The molecule has 0 radical (unpaired) electrons. The highest BCUT2D eigenvalue weighted by atomic mass is 16.5. The van der Waals surface area contributed by atoms with Gasteiger partial charge in [0, 0.05) is 51.7 Å². The second kappa shape index (κ2) is 11.1. The third-order valence-electron chi connectivity index (χ3n) is 4.59. The molecule has 1 aliphatic rings. The van der Waals surface area contributed by atoms with Crippen LogP contribution in [0.25, 0.3) is 0 Å². The first-order valence-electron chi connectivity index (χ1n) is 9.70. The quantitative estimate of drug-likeness (QED) is 0.636. The van der Waals surface area contributed by atoms with Gasteiger partial charge in [0.1, 0.15) is 6.10 Å². The molecule has 2 heterocycles. The van der Waals surface area contributed by atoms with Crippen LogP contribution in [0.4, 0.5) is 5.95 Å². The third-order valence-corrected chi connectivity index (χ3v) is 4.59. The van der Waals surface area contributed by atoms with E-state index in [9.17, 15) is 4.79 Å². The normalized spacial score (nSPS) is 16.7. The number of anilines is 1. The van der Waals surface area contributed by atoms with Crippen molar-refractivity contribution < 1.29 is 9.53 Å². The van der Waals surface area contributed by atoms with Crippen molar-refractivity contribution in [1.82, 2.24) is 20.2 Å². The Bertz CT molecular complexity index is 518. The Balaban J connectivity index is 1.54. The Morgan fingerprint density at radius 2 is 1.88 bits per heavy atom. The Morgan fingerprint density at radius 1 is 1.19 bits per heavy atom. The highest BCUT2D eigenvalue weighted by Gasteiger charge is 2.18. The van der Waals surface area contributed by atoms with E-state index in [1.807, 2.05) is 13.0 Å². The van der Waals surface area contributed by atoms with Crippen molar-refractivity contribution in [3.63, 3.8) is 0 Å². The fourth-order valence-corrected chi connectivity index (χ4v) is 2.84. The molecule has 0 bridgehead atoms. The van der Waals surface area contributed by atoms with Crippen LogP contribution >= 0.6 is 0 Å². The van der Waals surface area contributed by atoms with Crippen LogP contribution < -0.4 is 10.2 Å². The van der Waals surface area contributed by atoms with E-state index in [1.165, 1.54) is 0 Å². The van der Waals surface area contributed by atoms with Crippen molar-refractivity contribution in [2.75, 3.05) is 50.8 Å². The molecule has 146 valence electrons. The lowest BCUT2D eigenvalue weighted by molar-refractivity contribution is -0.131. The first-order valence-corrected chi connectivity index (χ1v) is 9.70. The average molecular weight is 364 g/mol. The van der Waals surface area contributed by atoms with Gasteiger partial charge in [-0.15, -0.1) is 0 Å². The summed E-state index contributed by atoms with van der Waals surface area (Å²) in [6.45, 7) is 12.3. The van der Waals surface area contributed by atoms with E-state index in [4.69, 9.17) is 4.74 Å². The van der Waals surface area contributed by atoms with E-state index in [1.54, 1.807) is 12.4 Å². The van der Waals surface area contributed by atoms with Crippen molar-refractivity contribution in [3.8, 4) is 0 Å². The van der Waals surface area contributed by atoms with Gasteiger partial charge in [0.25, 0.3) is 0 Å². The standard InChI is InChI=1S/C19H33N5O2/c1-16(2)6-15-26-17(3)18(25)20-9-5-10-23-11-13-24(14-12-23)19-21-7-4-8-22-19/h4,7-8,16-17H,5-6,9-15H2,1-3H3,(H,20,25). The summed E-state index contributed by atoms with van der Waals surface area (Å²) in [5, 5.41) is 2.97. The van der Waals surface area contributed by atoms with Gasteiger partial charge in [-0.2, -0.15) is 0 Å². The van der Waals surface area contributed by atoms with Crippen molar-refractivity contribution in [2.45, 2.75) is 39.7 Å². The smallest absolute Gasteiger partial charge is 0.248 e. The first-order chi connectivity index (χ1) is 12.6. The number of carbonyl (C=O) groups excluding carboxylic acids is 1. The van der Waals surface area contributed by atoms with Crippen LogP contribution in [0, 0.1) is 5.92 Å². The number of hydrogen-bond donors (Lipinski definition) is 1. The SMILES string of the molecule is CC(C)CCOC(C)C(=O)NCCCN1CCN(c2ncccn2)CC1. The minimum Gasteiger partial charge on any atom is -0.369 e. The average Bonchev–Trinajstić information content (AvgIpc) is 2.66. The summed E-state index contributed by atoms with van der Waals surface area (Å²) in [5.41, 5.74) is 0. The molecule has 1 amide bonds. The molecule has 1 aromatic heterocycles. The zero-order chi connectivity index (χ0) is 18.8. The molecule has 1 atom stereocenters. The predicted molar refractivity (Wildman–Crippen MR) is 103 cm³/mol. The highest BCUT2D eigenvalue weighted by molar-refractivity contribution is 5.80. The number of nitrogens with one attached hydrogen (secondary N) is 1. The topological polar surface area (TPSA) is 70.6 Å². The van der Waals surface area contributed by atoms with Gasteiger partial charge >= 0.3 is 0 Å². The van der Waals surface area contributed by atoms with Crippen LogP contribution in [-0.2, 0) is 9.53 Å². The number of carbonyl (C=O) groups is 1. The Morgan fingerprint density at radius 3 is 2.54 bits per heavy atom. The fourth-order valence-electron chi connectivity index (χ4n) is 2.84. The second-order valence-electron chi connectivity index (χ2n) is 7.22. The summed E-state index contributed by atoms with van der Waals surface area (Å²) in [4.78, 5) is 25.3. The highest BCUT2D eigenvalue weighted by Crippen LogP contribution is 2.09. The van der Waals surface area contributed by atoms with Gasteiger partial charge in [-0.1, -0.05) is 13.8 Å². The zero-order valence-electron chi connectivity index (χ0n) is 16.4. The lowest BCUT2D eigenvalue weighted by Crippen LogP contribution is -2.47. The molecule has 1 aromatic rings. The maximum atomic E-state index is 12.0. The number of hydrogen-bond acceptors (Lipinski definition) is 6. The van der Waals surface area contributed by atoms with Crippen molar-refractivity contribution in [1.29, 1.82) is 0 Å². The molecule has 1 saturated heterocycles. The van der Waals surface area contributed by atoms with E-state index < -0.39 is 0 Å². The molecule has 0 aliphatic carbocycles. The minimum absolute atomic E-state index is 0.0141. The summed E-state index contributed by atoms with van der Waals surface area (Å²) < 4.78 is 5.58. The van der Waals surface area contributed by atoms with Gasteiger partial charge in [0.05, 0.1) is 0 Å². The zero-order valence-corrected chi connectivity index (χ0v) is 16.4. The summed E-state index contributed by atoms with van der Waals surface area (Å²) in [5.74, 6) is 1.39. The van der Waals surface area contributed by atoms with Gasteiger partial charge in [-0.25, -0.2) is 9.97 Å². The number of ether oxygens (including phenoxy) is 1. The number of aromatic nitrogens is 2. The van der Waals surface area contributed by atoms with Crippen LogP contribution in [0.1, 0.15) is 33.6 Å². The number of nitrogens with zero attached hydrogens (tertiary/aromatic N) is 4. The lowest BCUT2D eigenvalue weighted by atomic mass is 10.1. The van der Waals surface area contributed by atoms with Crippen LogP contribution in [0.15, 0.2) is 18.5 Å². The molecule has 1 unspecified atom stereocenters. The van der Waals surface area contributed by atoms with Gasteiger partial charge in [0.15, 0.2) is 0 Å². The van der Waals surface area contributed by atoms with Gasteiger partial charge in [0.2, 0.25) is 11.9 Å². The molecule has 1 fully saturated rings. The van der Waals surface area contributed by atoms with Crippen LogP contribution in [0.3, 0.4) is 0 Å². The summed E-state index contributed by atoms with van der Waals surface area (Å²) in [6.07, 6.45) is 5.13. The summed E-state index contributed by atoms with van der Waals surface area (Å²) in [6, 6.07) is 1.84. The number of rotatable bonds is 10. The van der Waals surface area contributed by atoms with Gasteiger partial charge in [-0.05, 0) is 38.3 Å². The molecule has 1 aliphatic heterocycles. The molecule has 1 N–H and O–H groups in total. The van der Waals surface area contributed by atoms with Crippen molar-refractivity contribution >= 4 is 11.9 Å². The molecule has 0 saturated carbocycles. The van der Waals surface area contributed by atoms with E-state index in [-0.39, 0.29) is 12.0 Å². The molecule has 26 heavy (non-hydrogen) atoms. The Labute approximate surface area is 157 Å². The lowest BCUT2D eigenvalue weighted by Gasteiger charge is -2.34. The Kier molecular flexibility index (Phi) is 8.77. The monoisotopic (exact) mass is 363 g/mol. The van der Waals surface area contributed by atoms with Gasteiger partial charge < -0.3 is 15.0 Å². The molecule has 0 spiro atoms. The van der Waals surface area contributed by atoms with Crippen LogP contribution in [0.2, 0.25) is 0 Å². The minimum atomic E-state index is -0.372. The first kappa shape index (κ1) is 20.6. The van der Waals surface area contributed by atoms with E-state index in [0.29, 0.717) is 19.1 Å². The number of amides is 1. The number of piperazine rings is 1. The van der Waals surface area contributed by atoms with Crippen LogP contribution in [0.5, 0.6) is 0 Å². The molecular formula is C19H33N5O2. The molecule has 2 rings (SSSR count). The second-order valence-corrected chi connectivity index (χ2v) is 7.22. The maximum absolute atomic E-state index is 12.0. The molecular weight excluding hydrogens is 330 g/mol. The largest absolute Gasteiger partial charge is 0.369 e. The summed E-state index contributed by atoms with van der Waals surface area (Å²) in [7, 11) is 0. The molecule has 7 heteroatoms. The Hall–Kier alpha value is -1.73. The van der Waals surface area contributed by atoms with Crippen molar-refractivity contribution in [3.05, 3.63) is 18.5 Å². The van der Waals surface area contributed by atoms with Crippen LogP contribution in [-0.4, -0.2) is 72.8 Å². The van der Waals surface area contributed by atoms with E-state index in [2.05, 4.69) is 38.9 Å². The molecule has 7 nitrogen and oxygen atoms in total. The summed E-state index contributed by atoms with van der Waals surface area (Å²) >= 11 is 0. The van der Waals surface area contributed by atoms with Gasteiger partial charge in [-0.3, -0.25) is 9.69 Å². The van der Waals surface area contributed by atoms with E-state index in [0.717, 1.165) is 51.5 Å². The third kappa shape index (κ3) is 7.25. The predicted octanol–water partition coefficient (Wildman–Crippen LogP) is 1.56. The fraction of sp³-hybridized carbons (Fsp3) is 0.737. The maximum Gasteiger partial charge on any atom is 0.248 e. The molecule has 0 aromatic carbocycles. The van der Waals surface area contributed by atoms with Crippen molar-refractivity contribution in [2.24, 2.45) is 5.92 Å². The van der Waals surface area contributed by atoms with E-state index >= 15 is 0 Å².